The molecule has 0 radical (unpaired) electrons. The highest BCUT2D eigenvalue weighted by Crippen LogP contribution is 2.40. The Labute approximate surface area is 151 Å². The monoisotopic (exact) mass is 352 g/mol. The van der Waals surface area contributed by atoms with Gasteiger partial charge in [-0.15, -0.1) is 0 Å². The third-order valence-corrected chi connectivity index (χ3v) is 10.5. The molecular weight excluding hydrogens is 312 g/mol. The van der Waals surface area contributed by atoms with Crippen LogP contribution >= 0.6 is 0 Å². The van der Waals surface area contributed by atoms with Gasteiger partial charge in [-0.2, -0.15) is 0 Å². The van der Waals surface area contributed by atoms with E-state index in [2.05, 4.69) is 46.9 Å². The highest BCUT2D eigenvalue weighted by molar-refractivity contribution is 6.74. The average molecular weight is 353 g/mol. The second kappa shape index (κ2) is 9.33. The summed E-state index contributed by atoms with van der Waals surface area (Å²) in [5, 5.41) is 0.242. The average Bonchev–Trinajstić information content (AvgIpc) is 2.49. The van der Waals surface area contributed by atoms with E-state index >= 15 is 0 Å². The van der Waals surface area contributed by atoms with Gasteiger partial charge in [0.15, 0.2) is 8.32 Å². The molecule has 0 saturated heterocycles. The molecule has 0 bridgehead atoms. The molecule has 0 aliphatic heterocycles. The lowest BCUT2D eigenvalue weighted by Crippen LogP contribution is -2.44. The van der Waals surface area contributed by atoms with Crippen molar-refractivity contribution in [2.45, 2.75) is 110 Å². The molecular formula is C21H40O2Si. The summed E-state index contributed by atoms with van der Waals surface area (Å²) >= 11 is 0. The minimum Gasteiger partial charge on any atom is -0.410 e. The van der Waals surface area contributed by atoms with E-state index in [1.165, 1.54) is 31.3 Å². The number of carbonyl (C=O) groups excluding carboxylic acids is 1. The lowest BCUT2D eigenvalue weighted by Gasteiger charge is -2.40. The molecule has 2 nitrogen and oxygen atoms in total. The summed E-state index contributed by atoms with van der Waals surface area (Å²) < 4.78 is 6.80. The van der Waals surface area contributed by atoms with Gasteiger partial charge in [0.1, 0.15) is 5.78 Å². The summed E-state index contributed by atoms with van der Waals surface area (Å²) in [6.45, 7) is 15.6. The Morgan fingerprint density at radius 3 is 2.42 bits per heavy atom. The van der Waals surface area contributed by atoms with Crippen LogP contribution in [-0.4, -0.2) is 20.2 Å². The zero-order valence-electron chi connectivity index (χ0n) is 17.2. The fraction of sp³-hybridized carbons (Fsp3) is 0.857. The second-order valence-electron chi connectivity index (χ2n) is 9.08. The van der Waals surface area contributed by atoms with E-state index in [0.29, 0.717) is 5.78 Å². The standard InChI is InChI=1S/C21H40O2Si/c1-8-9-10-11-12-20(23-24(6,7)21(3,4)5)19-15-13-18(14-16-19)17(2)22/h15,18,20H,8-14,16H2,1-7H3/t18-,20-/m1/s1. The number of hydrogen-bond acceptors (Lipinski definition) is 2. The van der Waals surface area contributed by atoms with Crippen molar-refractivity contribution in [2.24, 2.45) is 5.92 Å². The van der Waals surface area contributed by atoms with Crippen LogP contribution in [0, 0.1) is 5.92 Å². The van der Waals surface area contributed by atoms with Crippen LogP contribution in [0.1, 0.15) is 86.0 Å². The van der Waals surface area contributed by atoms with Crippen molar-refractivity contribution >= 4 is 14.1 Å². The summed E-state index contributed by atoms with van der Waals surface area (Å²) in [5.74, 6) is 0.581. The second-order valence-corrected chi connectivity index (χ2v) is 13.8. The molecule has 140 valence electrons. The molecule has 0 unspecified atom stereocenters. The zero-order chi connectivity index (χ0) is 18.4. The van der Waals surface area contributed by atoms with Crippen LogP contribution < -0.4 is 0 Å². The fourth-order valence-electron chi connectivity index (χ4n) is 3.13. The van der Waals surface area contributed by atoms with E-state index in [0.717, 1.165) is 25.7 Å². The van der Waals surface area contributed by atoms with Crippen molar-refractivity contribution in [2.75, 3.05) is 0 Å². The zero-order valence-corrected chi connectivity index (χ0v) is 18.2. The van der Waals surface area contributed by atoms with Crippen LogP contribution in [0.15, 0.2) is 11.6 Å². The Morgan fingerprint density at radius 1 is 1.29 bits per heavy atom. The van der Waals surface area contributed by atoms with E-state index in [4.69, 9.17) is 4.43 Å². The normalized spacial score (nSPS) is 20.6. The van der Waals surface area contributed by atoms with Gasteiger partial charge in [-0.3, -0.25) is 4.79 Å². The smallest absolute Gasteiger partial charge is 0.192 e. The maximum absolute atomic E-state index is 11.6. The molecule has 0 aromatic heterocycles. The number of ketones is 1. The fourth-order valence-corrected chi connectivity index (χ4v) is 4.46. The van der Waals surface area contributed by atoms with Crippen molar-refractivity contribution in [1.82, 2.24) is 0 Å². The SMILES string of the molecule is CCCCCC[C@@H](O[Si](C)(C)C(C)(C)C)C1=CC[C@@H](C(C)=O)CC1. The van der Waals surface area contributed by atoms with E-state index in [-0.39, 0.29) is 17.1 Å². The first kappa shape index (κ1) is 21.6. The minimum atomic E-state index is -1.77. The van der Waals surface area contributed by atoms with Crippen molar-refractivity contribution in [1.29, 1.82) is 0 Å². The first-order chi connectivity index (χ1) is 11.1. The molecule has 1 rings (SSSR count). The van der Waals surface area contributed by atoms with Crippen molar-refractivity contribution < 1.29 is 9.22 Å². The van der Waals surface area contributed by atoms with Gasteiger partial charge < -0.3 is 4.43 Å². The Hall–Kier alpha value is -0.413. The first-order valence-corrected chi connectivity index (χ1v) is 12.9. The van der Waals surface area contributed by atoms with Gasteiger partial charge in [0, 0.05) is 5.92 Å². The first-order valence-electron chi connectivity index (χ1n) is 9.95. The molecule has 0 amide bonds. The predicted molar refractivity (Wildman–Crippen MR) is 107 cm³/mol. The number of rotatable bonds is 9. The molecule has 24 heavy (non-hydrogen) atoms. The summed E-state index contributed by atoms with van der Waals surface area (Å²) in [6, 6.07) is 0. The molecule has 1 aliphatic rings. The Morgan fingerprint density at radius 2 is 1.96 bits per heavy atom. The van der Waals surface area contributed by atoms with Gasteiger partial charge >= 0.3 is 0 Å². The van der Waals surface area contributed by atoms with Crippen LogP contribution in [0.5, 0.6) is 0 Å². The highest BCUT2D eigenvalue weighted by atomic mass is 28.4. The molecule has 0 N–H and O–H groups in total. The largest absolute Gasteiger partial charge is 0.410 e. The maximum Gasteiger partial charge on any atom is 0.192 e. The van der Waals surface area contributed by atoms with Crippen molar-refractivity contribution in [3.8, 4) is 0 Å². The summed E-state index contributed by atoms with van der Waals surface area (Å²) in [5.41, 5.74) is 1.47. The number of allylic oxidation sites excluding steroid dienone is 1. The Bertz CT molecular complexity index is 432. The molecule has 3 heteroatoms. The lowest BCUT2D eigenvalue weighted by atomic mass is 9.84. The molecule has 0 spiro atoms. The van der Waals surface area contributed by atoms with Gasteiger partial charge in [-0.25, -0.2) is 0 Å². The topological polar surface area (TPSA) is 26.3 Å². The van der Waals surface area contributed by atoms with E-state index in [1.54, 1.807) is 6.92 Å². The van der Waals surface area contributed by atoms with Crippen molar-refractivity contribution in [3.05, 3.63) is 11.6 Å². The van der Waals surface area contributed by atoms with E-state index in [1.807, 2.05) is 0 Å². The van der Waals surface area contributed by atoms with Gasteiger partial charge in [-0.1, -0.05) is 59.5 Å². The van der Waals surface area contributed by atoms with Gasteiger partial charge in [0.25, 0.3) is 0 Å². The summed E-state index contributed by atoms with van der Waals surface area (Å²) in [7, 11) is -1.77. The number of carbonyl (C=O) groups is 1. The van der Waals surface area contributed by atoms with Crippen LogP contribution in [0.25, 0.3) is 0 Å². The number of Topliss-reactive ketones (excluding diaryl/α,β-unsaturated/α-hetero) is 1. The van der Waals surface area contributed by atoms with Gasteiger partial charge in [-0.05, 0) is 56.3 Å². The Kier molecular flexibility index (Phi) is 8.41. The molecule has 1 aliphatic carbocycles. The van der Waals surface area contributed by atoms with E-state index in [9.17, 15) is 4.79 Å². The number of hydrogen-bond donors (Lipinski definition) is 0. The van der Waals surface area contributed by atoms with E-state index < -0.39 is 8.32 Å². The summed E-state index contributed by atoms with van der Waals surface area (Å²) in [6.07, 6.45) is 11.8. The quantitative estimate of drug-likeness (QED) is 0.263. The molecule has 0 saturated carbocycles. The molecule has 0 aromatic rings. The van der Waals surface area contributed by atoms with Crippen molar-refractivity contribution in [3.63, 3.8) is 0 Å². The molecule has 0 aromatic carbocycles. The Balaban J connectivity index is 2.80. The van der Waals surface area contributed by atoms with Gasteiger partial charge in [0.2, 0.25) is 0 Å². The maximum atomic E-state index is 11.6. The van der Waals surface area contributed by atoms with Crippen LogP contribution in [0.3, 0.4) is 0 Å². The number of unbranched alkanes of at least 4 members (excludes halogenated alkanes) is 3. The lowest BCUT2D eigenvalue weighted by molar-refractivity contribution is -0.120. The summed E-state index contributed by atoms with van der Waals surface area (Å²) in [4.78, 5) is 11.6. The molecule has 0 fully saturated rings. The predicted octanol–water partition coefficient (Wildman–Crippen LogP) is 6.66. The highest BCUT2D eigenvalue weighted by Gasteiger charge is 2.40. The van der Waals surface area contributed by atoms with Crippen LogP contribution in [-0.2, 0) is 9.22 Å². The van der Waals surface area contributed by atoms with Gasteiger partial charge in [0.05, 0.1) is 6.10 Å². The minimum absolute atomic E-state index is 0.238. The third-order valence-electron chi connectivity index (χ3n) is 6.00. The molecule has 2 atom stereocenters. The van der Waals surface area contributed by atoms with Crippen LogP contribution in [0.2, 0.25) is 18.1 Å². The molecule has 0 heterocycles. The van der Waals surface area contributed by atoms with Crippen LogP contribution in [0.4, 0.5) is 0 Å². The third kappa shape index (κ3) is 6.48.